The monoisotopic (exact) mass is 252 g/mol. The van der Waals surface area contributed by atoms with Crippen LogP contribution in [0.15, 0.2) is 12.2 Å². The summed E-state index contributed by atoms with van der Waals surface area (Å²) < 4.78 is 0. The number of rotatable bonds is 5. The van der Waals surface area contributed by atoms with E-state index in [-0.39, 0.29) is 23.8 Å². The number of amides is 2. The van der Waals surface area contributed by atoms with Crippen LogP contribution in [0.4, 0.5) is 0 Å². The second-order valence-electron chi connectivity index (χ2n) is 5.35. The van der Waals surface area contributed by atoms with Gasteiger partial charge in [-0.15, -0.1) is 0 Å². The predicted octanol–water partition coefficient (Wildman–Crippen LogP) is 1.67. The summed E-state index contributed by atoms with van der Waals surface area (Å²) in [6.45, 7) is 13.5. The van der Waals surface area contributed by atoms with E-state index in [4.69, 9.17) is 0 Å². The van der Waals surface area contributed by atoms with E-state index in [1.165, 1.54) is 0 Å². The molecule has 4 heteroatoms. The third-order valence-corrected chi connectivity index (χ3v) is 3.29. The molecular formula is C14H24N2O2. The lowest BCUT2D eigenvalue weighted by atomic mass is 10.1. The van der Waals surface area contributed by atoms with Crippen molar-refractivity contribution >= 4 is 11.8 Å². The van der Waals surface area contributed by atoms with E-state index in [9.17, 15) is 9.59 Å². The number of carbonyl (C=O) groups is 2. The van der Waals surface area contributed by atoms with Crippen molar-refractivity contribution in [2.75, 3.05) is 19.6 Å². The molecule has 102 valence electrons. The first-order valence-corrected chi connectivity index (χ1v) is 6.59. The molecule has 2 amide bonds. The van der Waals surface area contributed by atoms with E-state index in [0.29, 0.717) is 26.1 Å². The van der Waals surface area contributed by atoms with Gasteiger partial charge in [-0.05, 0) is 27.7 Å². The summed E-state index contributed by atoms with van der Waals surface area (Å²) in [5.74, 6) is -0.00840. The van der Waals surface area contributed by atoms with Gasteiger partial charge in [0, 0.05) is 32.1 Å². The van der Waals surface area contributed by atoms with Crippen LogP contribution in [0.3, 0.4) is 0 Å². The zero-order valence-electron chi connectivity index (χ0n) is 11.9. The average molecular weight is 252 g/mol. The molecule has 0 aliphatic carbocycles. The van der Waals surface area contributed by atoms with Gasteiger partial charge in [0.2, 0.25) is 11.8 Å². The van der Waals surface area contributed by atoms with Crippen LogP contribution < -0.4 is 0 Å². The van der Waals surface area contributed by atoms with E-state index in [0.717, 1.165) is 5.57 Å². The molecule has 0 aromatic rings. The number of likely N-dealkylation sites (N-methyl/N-ethyl adjacent to an activating group) is 1. The average Bonchev–Trinajstić information content (AvgIpc) is 2.67. The standard InChI is InChI=1S/C14H24N2O2/c1-6-15(8-10(2)3)14(18)12-7-13(17)16(9-12)11(4)5/h11-12H,2,6-9H2,1,3-5H3/t12-/m1/s1. The fraction of sp³-hybridized carbons (Fsp3) is 0.714. The van der Waals surface area contributed by atoms with Gasteiger partial charge in [0.25, 0.3) is 0 Å². The van der Waals surface area contributed by atoms with Crippen molar-refractivity contribution in [3.05, 3.63) is 12.2 Å². The minimum Gasteiger partial charge on any atom is -0.339 e. The molecule has 1 heterocycles. The highest BCUT2D eigenvalue weighted by molar-refractivity contribution is 5.89. The van der Waals surface area contributed by atoms with Gasteiger partial charge in [-0.2, -0.15) is 0 Å². The summed E-state index contributed by atoms with van der Waals surface area (Å²) in [6.07, 6.45) is 0.351. The van der Waals surface area contributed by atoms with E-state index in [1.807, 2.05) is 27.7 Å². The maximum Gasteiger partial charge on any atom is 0.228 e. The Morgan fingerprint density at radius 1 is 1.56 bits per heavy atom. The van der Waals surface area contributed by atoms with Crippen molar-refractivity contribution < 1.29 is 9.59 Å². The minimum absolute atomic E-state index is 0.0806. The Hall–Kier alpha value is -1.32. The molecule has 0 spiro atoms. The van der Waals surface area contributed by atoms with E-state index < -0.39 is 0 Å². The van der Waals surface area contributed by atoms with Gasteiger partial charge in [-0.1, -0.05) is 12.2 Å². The van der Waals surface area contributed by atoms with E-state index in [2.05, 4.69) is 6.58 Å². The second-order valence-corrected chi connectivity index (χ2v) is 5.35. The van der Waals surface area contributed by atoms with Gasteiger partial charge in [-0.25, -0.2) is 0 Å². The maximum atomic E-state index is 12.3. The van der Waals surface area contributed by atoms with E-state index in [1.54, 1.807) is 9.80 Å². The van der Waals surface area contributed by atoms with Crippen molar-refractivity contribution in [3.8, 4) is 0 Å². The van der Waals surface area contributed by atoms with Gasteiger partial charge in [-0.3, -0.25) is 9.59 Å². The van der Waals surface area contributed by atoms with Gasteiger partial charge < -0.3 is 9.80 Å². The quantitative estimate of drug-likeness (QED) is 0.698. The summed E-state index contributed by atoms with van der Waals surface area (Å²) in [6, 6.07) is 0.173. The summed E-state index contributed by atoms with van der Waals surface area (Å²) in [4.78, 5) is 27.7. The van der Waals surface area contributed by atoms with E-state index >= 15 is 0 Å². The third-order valence-electron chi connectivity index (χ3n) is 3.29. The number of likely N-dealkylation sites (tertiary alicyclic amines) is 1. The van der Waals surface area contributed by atoms with Crippen molar-refractivity contribution in [1.82, 2.24) is 9.80 Å². The van der Waals surface area contributed by atoms with Crippen LogP contribution in [0.1, 0.15) is 34.1 Å². The Kier molecular flexibility index (Phi) is 4.93. The SMILES string of the molecule is C=C(C)CN(CC)C(=O)[C@@H]1CC(=O)N(C(C)C)C1. The van der Waals surface area contributed by atoms with Gasteiger partial charge >= 0.3 is 0 Å². The van der Waals surface area contributed by atoms with Crippen molar-refractivity contribution in [2.45, 2.75) is 40.2 Å². The molecular weight excluding hydrogens is 228 g/mol. The molecule has 18 heavy (non-hydrogen) atoms. The molecule has 0 aromatic heterocycles. The summed E-state index contributed by atoms with van der Waals surface area (Å²) in [5, 5.41) is 0. The molecule has 0 saturated carbocycles. The largest absolute Gasteiger partial charge is 0.339 e. The lowest BCUT2D eigenvalue weighted by Gasteiger charge is -2.25. The number of hydrogen-bond acceptors (Lipinski definition) is 2. The van der Waals surface area contributed by atoms with Crippen molar-refractivity contribution in [1.29, 1.82) is 0 Å². The second kappa shape index (κ2) is 6.03. The Morgan fingerprint density at radius 3 is 2.56 bits per heavy atom. The lowest BCUT2D eigenvalue weighted by Crippen LogP contribution is -2.39. The number of nitrogens with zero attached hydrogens (tertiary/aromatic N) is 2. The van der Waals surface area contributed by atoms with Crippen LogP contribution in [0.2, 0.25) is 0 Å². The molecule has 1 rings (SSSR count). The summed E-state index contributed by atoms with van der Waals surface area (Å²) in [5.41, 5.74) is 0.968. The minimum atomic E-state index is -0.181. The highest BCUT2D eigenvalue weighted by Crippen LogP contribution is 2.22. The van der Waals surface area contributed by atoms with Crippen LogP contribution >= 0.6 is 0 Å². The fourth-order valence-corrected chi connectivity index (χ4v) is 2.33. The molecule has 0 bridgehead atoms. The first kappa shape index (κ1) is 14.7. The van der Waals surface area contributed by atoms with Gasteiger partial charge in [0.1, 0.15) is 0 Å². The Balaban J connectivity index is 2.68. The van der Waals surface area contributed by atoms with Crippen molar-refractivity contribution in [2.24, 2.45) is 5.92 Å². The molecule has 1 aliphatic heterocycles. The molecule has 0 unspecified atom stereocenters. The topological polar surface area (TPSA) is 40.6 Å². The molecule has 0 N–H and O–H groups in total. The normalized spacial score (nSPS) is 19.5. The number of carbonyl (C=O) groups excluding carboxylic acids is 2. The third kappa shape index (κ3) is 3.34. The Bertz CT molecular complexity index is 350. The molecule has 1 atom stereocenters. The molecule has 1 aliphatic rings. The van der Waals surface area contributed by atoms with Crippen LogP contribution in [0.25, 0.3) is 0 Å². The lowest BCUT2D eigenvalue weighted by molar-refractivity contribution is -0.135. The van der Waals surface area contributed by atoms with Gasteiger partial charge in [0.05, 0.1) is 5.92 Å². The molecule has 4 nitrogen and oxygen atoms in total. The van der Waals surface area contributed by atoms with Crippen LogP contribution in [0.5, 0.6) is 0 Å². The zero-order chi connectivity index (χ0) is 13.9. The molecule has 1 fully saturated rings. The van der Waals surface area contributed by atoms with Crippen molar-refractivity contribution in [3.63, 3.8) is 0 Å². The van der Waals surface area contributed by atoms with Crippen LogP contribution in [-0.2, 0) is 9.59 Å². The molecule has 0 radical (unpaired) electrons. The molecule has 0 aromatic carbocycles. The maximum absolute atomic E-state index is 12.3. The zero-order valence-corrected chi connectivity index (χ0v) is 11.9. The molecule has 1 saturated heterocycles. The summed E-state index contributed by atoms with van der Waals surface area (Å²) in [7, 11) is 0. The summed E-state index contributed by atoms with van der Waals surface area (Å²) >= 11 is 0. The smallest absolute Gasteiger partial charge is 0.228 e. The highest BCUT2D eigenvalue weighted by atomic mass is 16.2. The predicted molar refractivity (Wildman–Crippen MR) is 72.0 cm³/mol. The van der Waals surface area contributed by atoms with Crippen LogP contribution in [-0.4, -0.2) is 47.3 Å². The first-order chi connectivity index (χ1) is 8.36. The Labute approximate surface area is 110 Å². The number of hydrogen-bond donors (Lipinski definition) is 0. The Morgan fingerprint density at radius 2 is 2.17 bits per heavy atom. The first-order valence-electron chi connectivity index (χ1n) is 6.59. The fourth-order valence-electron chi connectivity index (χ4n) is 2.33. The van der Waals surface area contributed by atoms with Crippen LogP contribution in [0, 0.1) is 5.92 Å². The van der Waals surface area contributed by atoms with Gasteiger partial charge in [0.15, 0.2) is 0 Å². The highest BCUT2D eigenvalue weighted by Gasteiger charge is 2.37.